The molecule has 3 aromatic rings. The number of alkyl halides is 3. The SMILES string of the molecule is CC(C)(C)[Si](C)(C)OCCCn1nc(N)c2ccc(-c3ccccc3OC(F)(F)F)cc21. The highest BCUT2D eigenvalue weighted by Gasteiger charge is 2.36. The number of aromatic nitrogens is 2. The number of fused-ring (bicyclic) bond motifs is 1. The Bertz CT molecular complexity index is 1090. The highest BCUT2D eigenvalue weighted by atomic mass is 28.4. The number of benzene rings is 2. The molecule has 0 bridgehead atoms. The highest BCUT2D eigenvalue weighted by Crippen LogP contribution is 2.37. The van der Waals surface area contributed by atoms with Crippen molar-refractivity contribution in [2.75, 3.05) is 12.3 Å². The second-order valence-corrected chi connectivity index (χ2v) is 14.2. The third-order valence-electron chi connectivity index (χ3n) is 5.99. The fourth-order valence-corrected chi connectivity index (χ4v) is 4.30. The van der Waals surface area contributed by atoms with Crippen LogP contribution in [0, 0.1) is 0 Å². The molecule has 0 unspecified atom stereocenters. The number of nitrogen functional groups attached to an aromatic ring is 1. The van der Waals surface area contributed by atoms with Crippen LogP contribution < -0.4 is 10.5 Å². The van der Waals surface area contributed by atoms with Crippen molar-refractivity contribution in [3.8, 4) is 16.9 Å². The normalized spacial score (nSPS) is 13.0. The Balaban J connectivity index is 1.84. The van der Waals surface area contributed by atoms with Crippen LogP contribution in [0.15, 0.2) is 42.5 Å². The Hall–Kier alpha value is -2.52. The molecule has 1 heterocycles. The van der Waals surface area contributed by atoms with E-state index in [-0.39, 0.29) is 10.8 Å². The molecule has 9 heteroatoms. The minimum absolute atomic E-state index is 0.136. The molecule has 0 spiro atoms. The first-order valence-electron chi connectivity index (χ1n) is 10.5. The lowest BCUT2D eigenvalue weighted by molar-refractivity contribution is -0.274. The standard InChI is InChI=1S/C23H30F3N3O2Si/c1-22(2,3)32(4,5)30-14-8-13-29-19-15-16(11-12-18(19)21(27)28-29)17-9-6-7-10-20(17)31-23(24,25)26/h6-7,9-12,15H,8,13-14H2,1-5H3,(H2,27,28). The van der Waals surface area contributed by atoms with Crippen molar-refractivity contribution in [3.63, 3.8) is 0 Å². The molecule has 0 amide bonds. The maximum atomic E-state index is 12.8. The predicted molar refractivity (Wildman–Crippen MR) is 124 cm³/mol. The molecular weight excluding hydrogens is 435 g/mol. The fourth-order valence-electron chi connectivity index (χ4n) is 3.21. The van der Waals surface area contributed by atoms with E-state index in [0.717, 1.165) is 17.3 Å². The summed E-state index contributed by atoms with van der Waals surface area (Å²) >= 11 is 0. The van der Waals surface area contributed by atoms with E-state index >= 15 is 0 Å². The van der Waals surface area contributed by atoms with Crippen LogP contribution >= 0.6 is 0 Å². The van der Waals surface area contributed by atoms with Gasteiger partial charge in [-0.1, -0.05) is 45.0 Å². The lowest BCUT2D eigenvalue weighted by Crippen LogP contribution is -2.41. The van der Waals surface area contributed by atoms with Gasteiger partial charge in [-0.05, 0) is 48.3 Å². The zero-order valence-electron chi connectivity index (χ0n) is 19.1. The molecule has 2 aromatic carbocycles. The molecule has 174 valence electrons. The average Bonchev–Trinajstić information content (AvgIpc) is 2.99. The zero-order chi connectivity index (χ0) is 23.7. The lowest BCUT2D eigenvalue weighted by atomic mass is 10.0. The number of nitrogens with zero attached hydrogens (tertiary/aromatic N) is 2. The van der Waals surface area contributed by atoms with E-state index in [1.165, 1.54) is 12.1 Å². The van der Waals surface area contributed by atoms with Gasteiger partial charge in [0.05, 0.1) is 5.52 Å². The Kier molecular flexibility index (Phi) is 6.62. The zero-order valence-corrected chi connectivity index (χ0v) is 20.1. The number of nitrogens with two attached hydrogens (primary N) is 1. The molecule has 0 aliphatic rings. The highest BCUT2D eigenvalue weighted by molar-refractivity contribution is 6.74. The molecule has 0 saturated carbocycles. The summed E-state index contributed by atoms with van der Waals surface area (Å²) in [6.07, 6.45) is -4.02. The van der Waals surface area contributed by atoms with Crippen LogP contribution in [-0.4, -0.2) is 31.1 Å². The van der Waals surface area contributed by atoms with E-state index in [2.05, 4.69) is 43.7 Å². The average molecular weight is 466 g/mol. The number of aryl methyl sites for hydroxylation is 1. The third-order valence-corrected chi connectivity index (χ3v) is 10.5. The minimum Gasteiger partial charge on any atom is -0.417 e. The number of para-hydroxylation sites is 1. The monoisotopic (exact) mass is 465 g/mol. The van der Waals surface area contributed by atoms with Gasteiger partial charge in [0.15, 0.2) is 14.1 Å². The van der Waals surface area contributed by atoms with Crippen LogP contribution in [-0.2, 0) is 11.0 Å². The van der Waals surface area contributed by atoms with Crippen molar-refractivity contribution in [2.45, 2.75) is 58.2 Å². The molecule has 3 rings (SSSR count). The van der Waals surface area contributed by atoms with Crippen LogP contribution in [0.1, 0.15) is 27.2 Å². The summed E-state index contributed by atoms with van der Waals surface area (Å²) in [4.78, 5) is 0. The maximum Gasteiger partial charge on any atom is 0.573 e. The van der Waals surface area contributed by atoms with Gasteiger partial charge in [0, 0.05) is 24.1 Å². The van der Waals surface area contributed by atoms with Gasteiger partial charge in [0.25, 0.3) is 0 Å². The predicted octanol–water partition coefficient (Wildman–Crippen LogP) is 6.60. The summed E-state index contributed by atoms with van der Waals surface area (Å²) in [5.41, 5.74) is 7.78. The summed E-state index contributed by atoms with van der Waals surface area (Å²) < 4.78 is 50.7. The molecule has 0 radical (unpaired) electrons. The second-order valence-electron chi connectivity index (χ2n) is 9.35. The summed E-state index contributed by atoms with van der Waals surface area (Å²) in [7, 11) is -1.83. The van der Waals surface area contributed by atoms with Gasteiger partial charge in [0.2, 0.25) is 0 Å². The van der Waals surface area contributed by atoms with Gasteiger partial charge < -0.3 is 14.9 Å². The van der Waals surface area contributed by atoms with E-state index in [4.69, 9.17) is 10.2 Å². The summed E-state index contributed by atoms with van der Waals surface area (Å²) in [6, 6.07) is 11.4. The van der Waals surface area contributed by atoms with Gasteiger partial charge in [-0.3, -0.25) is 4.68 Å². The van der Waals surface area contributed by atoms with Gasteiger partial charge in [-0.15, -0.1) is 13.2 Å². The van der Waals surface area contributed by atoms with Crippen LogP contribution in [0.3, 0.4) is 0 Å². The van der Waals surface area contributed by atoms with Crippen molar-refractivity contribution in [1.82, 2.24) is 9.78 Å². The van der Waals surface area contributed by atoms with E-state index in [1.54, 1.807) is 35.0 Å². The lowest BCUT2D eigenvalue weighted by Gasteiger charge is -2.36. The molecule has 32 heavy (non-hydrogen) atoms. The number of hydrogen-bond acceptors (Lipinski definition) is 4. The van der Waals surface area contributed by atoms with E-state index in [1.807, 2.05) is 0 Å². The largest absolute Gasteiger partial charge is 0.573 e. The first-order valence-corrected chi connectivity index (χ1v) is 13.4. The second kappa shape index (κ2) is 8.78. The number of halogens is 3. The molecule has 5 nitrogen and oxygen atoms in total. The summed E-state index contributed by atoms with van der Waals surface area (Å²) in [6.45, 7) is 12.2. The number of anilines is 1. The molecular formula is C23H30F3N3O2Si. The van der Waals surface area contributed by atoms with E-state index in [9.17, 15) is 13.2 Å². The Morgan fingerprint density at radius 1 is 1.06 bits per heavy atom. The minimum atomic E-state index is -4.77. The molecule has 0 aliphatic heterocycles. The van der Waals surface area contributed by atoms with Gasteiger partial charge in [-0.25, -0.2) is 0 Å². The maximum absolute atomic E-state index is 12.8. The third kappa shape index (κ3) is 5.45. The van der Waals surface area contributed by atoms with Crippen molar-refractivity contribution < 1.29 is 22.3 Å². The molecule has 2 N–H and O–H groups in total. The van der Waals surface area contributed by atoms with E-state index < -0.39 is 14.7 Å². The van der Waals surface area contributed by atoms with Crippen LogP contribution in [0.2, 0.25) is 18.1 Å². The summed E-state index contributed by atoms with van der Waals surface area (Å²) in [5, 5.41) is 5.32. The first kappa shape index (κ1) is 24.1. The number of hydrogen-bond donors (Lipinski definition) is 1. The quantitative estimate of drug-likeness (QED) is 0.316. The van der Waals surface area contributed by atoms with Gasteiger partial charge >= 0.3 is 6.36 Å². The Morgan fingerprint density at radius 3 is 2.41 bits per heavy atom. The van der Waals surface area contributed by atoms with Crippen LogP contribution in [0.25, 0.3) is 22.0 Å². The van der Waals surface area contributed by atoms with Gasteiger partial charge in [-0.2, -0.15) is 5.10 Å². The molecule has 1 aromatic heterocycles. The number of ether oxygens (including phenoxy) is 1. The van der Waals surface area contributed by atoms with Crippen molar-refractivity contribution in [1.29, 1.82) is 0 Å². The van der Waals surface area contributed by atoms with Gasteiger partial charge in [0.1, 0.15) is 5.75 Å². The smallest absolute Gasteiger partial charge is 0.417 e. The van der Waals surface area contributed by atoms with Crippen molar-refractivity contribution >= 4 is 25.0 Å². The fraction of sp³-hybridized carbons (Fsp3) is 0.435. The van der Waals surface area contributed by atoms with Crippen LogP contribution in [0.4, 0.5) is 19.0 Å². The van der Waals surface area contributed by atoms with Crippen molar-refractivity contribution in [3.05, 3.63) is 42.5 Å². The van der Waals surface area contributed by atoms with Crippen LogP contribution in [0.5, 0.6) is 5.75 Å². The molecule has 0 saturated heterocycles. The molecule has 0 atom stereocenters. The van der Waals surface area contributed by atoms with E-state index in [0.29, 0.717) is 30.1 Å². The number of rotatable bonds is 7. The van der Waals surface area contributed by atoms with Crippen molar-refractivity contribution in [2.24, 2.45) is 0 Å². The first-order chi connectivity index (χ1) is 14.8. The Morgan fingerprint density at radius 2 is 1.75 bits per heavy atom. The molecule has 0 aliphatic carbocycles. The topological polar surface area (TPSA) is 62.3 Å². The Labute approximate surface area is 187 Å². The summed E-state index contributed by atoms with van der Waals surface area (Å²) in [5.74, 6) is 0.137. The molecule has 0 fully saturated rings.